The van der Waals surface area contributed by atoms with Gasteiger partial charge in [0.25, 0.3) is 0 Å². The summed E-state index contributed by atoms with van der Waals surface area (Å²) in [6.07, 6.45) is 6.40. The average Bonchev–Trinajstić information content (AvgIpc) is 2.86. The monoisotopic (exact) mass is 273 g/mol. The molecule has 1 unspecified atom stereocenters. The third kappa shape index (κ3) is 2.63. The van der Waals surface area contributed by atoms with Crippen LogP contribution in [-0.2, 0) is 12.8 Å². The number of aryl methyl sites for hydroxylation is 2. The lowest BCUT2D eigenvalue weighted by Crippen LogP contribution is -2.14. The minimum Gasteiger partial charge on any atom is -0.362 e. The summed E-state index contributed by atoms with van der Waals surface area (Å²) >= 11 is 1.85. The molecular formula is C15H19N3S. The molecule has 3 rings (SSSR count). The van der Waals surface area contributed by atoms with E-state index in [4.69, 9.17) is 0 Å². The number of aromatic nitrogens is 2. The van der Waals surface area contributed by atoms with Crippen molar-refractivity contribution in [2.75, 3.05) is 5.32 Å². The lowest BCUT2D eigenvalue weighted by Gasteiger charge is -2.20. The van der Waals surface area contributed by atoms with E-state index in [-0.39, 0.29) is 0 Å². The molecule has 0 fully saturated rings. The maximum Gasteiger partial charge on any atom is 0.133 e. The van der Waals surface area contributed by atoms with Crippen molar-refractivity contribution in [3.8, 4) is 0 Å². The molecule has 1 atom stereocenters. The minimum absolute atomic E-state index is 0.305. The van der Waals surface area contributed by atoms with Crippen molar-refractivity contribution in [1.82, 2.24) is 9.97 Å². The Kier molecular flexibility index (Phi) is 3.51. The maximum absolute atomic E-state index is 4.45. The summed E-state index contributed by atoms with van der Waals surface area (Å²) in [6, 6.07) is 4.68. The van der Waals surface area contributed by atoms with Crippen molar-refractivity contribution in [3.63, 3.8) is 0 Å². The smallest absolute Gasteiger partial charge is 0.133 e. The van der Waals surface area contributed by atoms with Crippen LogP contribution >= 0.6 is 11.3 Å². The number of hydrogen-bond acceptors (Lipinski definition) is 4. The molecule has 1 N–H and O–H groups in total. The van der Waals surface area contributed by atoms with Gasteiger partial charge in [0.1, 0.15) is 12.1 Å². The zero-order valence-electron chi connectivity index (χ0n) is 11.4. The molecule has 3 nitrogen and oxygen atoms in total. The average molecular weight is 273 g/mol. The van der Waals surface area contributed by atoms with Crippen LogP contribution in [0.25, 0.3) is 0 Å². The Morgan fingerprint density at radius 3 is 2.84 bits per heavy atom. The van der Waals surface area contributed by atoms with Gasteiger partial charge in [-0.2, -0.15) is 0 Å². The highest BCUT2D eigenvalue weighted by Gasteiger charge is 2.17. The second-order valence-corrected chi connectivity index (χ2v) is 6.49. The first-order chi connectivity index (χ1) is 9.24. The fourth-order valence-corrected chi connectivity index (χ4v) is 3.49. The van der Waals surface area contributed by atoms with Crippen molar-refractivity contribution in [2.45, 2.75) is 45.6 Å². The zero-order chi connectivity index (χ0) is 13.2. The summed E-state index contributed by atoms with van der Waals surface area (Å²) < 4.78 is 0. The predicted octanol–water partition coefficient (Wildman–Crippen LogP) is 3.90. The molecule has 2 aromatic heterocycles. The first-order valence-electron chi connectivity index (χ1n) is 6.89. The standard InChI is InChI=1S/C15H19N3S/c1-10-7-8-14(19-10)11(2)18-15-12-5-3-4-6-13(12)16-9-17-15/h7-9,11H,3-6H2,1-2H3,(H,16,17,18). The van der Waals surface area contributed by atoms with Crippen molar-refractivity contribution in [2.24, 2.45) is 0 Å². The number of nitrogens with zero attached hydrogens (tertiary/aromatic N) is 2. The van der Waals surface area contributed by atoms with Gasteiger partial charge in [0.15, 0.2) is 0 Å². The largest absolute Gasteiger partial charge is 0.362 e. The van der Waals surface area contributed by atoms with Gasteiger partial charge >= 0.3 is 0 Å². The zero-order valence-corrected chi connectivity index (χ0v) is 12.3. The molecule has 0 aromatic carbocycles. The molecule has 4 heteroatoms. The summed E-state index contributed by atoms with van der Waals surface area (Å²) in [7, 11) is 0. The molecule has 100 valence electrons. The van der Waals surface area contributed by atoms with Crippen molar-refractivity contribution < 1.29 is 0 Å². The van der Waals surface area contributed by atoms with Gasteiger partial charge in [-0.15, -0.1) is 11.3 Å². The highest BCUT2D eigenvalue weighted by molar-refractivity contribution is 7.12. The molecule has 0 saturated heterocycles. The van der Waals surface area contributed by atoms with Gasteiger partial charge in [-0.1, -0.05) is 0 Å². The molecule has 0 aliphatic heterocycles. The topological polar surface area (TPSA) is 37.8 Å². The van der Waals surface area contributed by atoms with Crippen molar-refractivity contribution >= 4 is 17.2 Å². The number of fused-ring (bicyclic) bond motifs is 1. The van der Waals surface area contributed by atoms with E-state index < -0.39 is 0 Å². The molecule has 1 aliphatic rings. The van der Waals surface area contributed by atoms with Crippen LogP contribution in [0.5, 0.6) is 0 Å². The number of nitrogens with one attached hydrogen (secondary N) is 1. The fourth-order valence-electron chi connectivity index (χ4n) is 2.61. The minimum atomic E-state index is 0.305. The summed E-state index contributed by atoms with van der Waals surface area (Å²) in [5.41, 5.74) is 2.56. The molecule has 2 heterocycles. The van der Waals surface area contributed by atoms with Gasteiger partial charge in [-0.25, -0.2) is 9.97 Å². The van der Waals surface area contributed by atoms with E-state index in [0.717, 1.165) is 18.7 Å². The quantitative estimate of drug-likeness (QED) is 0.921. The molecular weight excluding hydrogens is 254 g/mol. The summed E-state index contributed by atoms with van der Waals surface area (Å²) in [5.74, 6) is 1.03. The Bertz CT molecular complexity index is 577. The first-order valence-corrected chi connectivity index (χ1v) is 7.71. The molecule has 0 spiro atoms. The molecule has 2 aromatic rings. The fraction of sp³-hybridized carbons (Fsp3) is 0.467. The third-order valence-corrected chi connectivity index (χ3v) is 4.85. The maximum atomic E-state index is 4.45. The number of hydrogen-bond donors (Lipinski definition) is 1. The normalized spacial score (nSPS) is 15.9. The van der Waals surface area contributed by atoms with Crippen LogP contribution in [0.4, 0.5) is 5.82 Å². The van der Waals surface area contributed by atoms with Crippen LogP contribution in [-0.4, -0.2) is 9.97 Å². The van der Waals surface area contributed by atoms with Crippen LogP contribution < -0.4 is 5.32 Å². The molecule has 0 saturated carbocycles. The Morgan fingerprint density at radius 2 is 2.05 bits per heavy atom. The SMILES string of the molecule is Cc1ccc(C(C)Nc2ncnc3c2CCCC3)s1. The van der Waals surface area contributed by atoms with E-state index in [0.29, 0.717) is 6.04 Å². The Labute approximate surface area is 118 Å². The molecule has 0 radical (unpaired) electrons. The van der Waals surface area contributed by atoms with Gasteiger partial charge in [-0.05, 0) is 51.7 Å². The van der Waals surface area contributed by atoms with Crippen LogP contribution in [0, 0.1) is 6.92 Å². The molecule has 0 amide bonds. The van der Waals surface area contributed by atoms with E-state index in [9.17, 15) is 0 Å². The predicted molar refractivity (Wildman–Crippen MR) is 79.8 cm³/mol. The van der Waals surface area contributed by atoms with E-state index in [1.165, 1.54) is 33.9 Å². The Hall–Kier alpha value is -1.42. The lowest BCUT2D eigenvalue weighted by atomic mass is 9.96. The van der Waals surface area contributed by atoms with Gasteiger partial charge in [-0.3, -0.25) is 0 Å². The second-order valence-electron chi connectivity index (χ2n) is 5.17. The van der Waals surface area contributed by atoms with Crippen LogP contribution in [0.1, 0.15) is 46.8 Å². The Morgan fingerprint density at radius 1 is 1.21 bits per heavy atom. The summed E-state index contributed by atoms with van der Waals surface area (Å²) in [4.78, 5) is 11.6. The highest BCUT2D eigenvalue weighted by Crippen LogP contribution is 2.29. The van der Waals surface area contributed by atoms with E-state index in [1.807, 2.05) is 11.3 Å². The van der Waals surface area contributed by atoms with Gasteiger partial charge < -0.3 is 5.32 Å². The lowest BCUT2D eigenvalue weighted by molar-refractivity contribution is 0.661. The number of rotatable bonds is 3. The van der Waals surface area contributed by atoms with Crippen LogP contribution in [0.2, 0.25) is 0 Å². The first kappa shape index (κ1) is 12.6. The number of thiophene rings is 1. The molecule has 0 bridgehead atoms. The summed E-state index contributed by atoms with van der Waals surface area (Å²) in [5, 5.41) is 3.56. The van der Waals surface area contributed by atoms with Gasteiger partial charge in [0, 0.05) is 21.0 Å². The van der Waals surface area contributed by atoms with E-state index >= 15 is 0 Å². The highest BCUT2D eigenvalue weighted by atomic mass is 32.1. The van der Waals surface area contributed by atoms with Crippen LogP contribution in [0.3, 0.4) is 0 Å². The van der Waals surface area contributed by atoms with Gasteiger partial charge in [0.2, 0.25) is 0 Å². The molecule has 19 heavy (non-hydrogen) atoms. The van der Waals surface area contributed by atoms with E-state index in [1.54, 1.807) is 6.33 Å². The second kappa shape index (κ2) is 5.29. The third-order valence-electron chi connectivity index (χ3n) is 3.67. The van der Waals surface area contributed by atoms with E-state index in [2.05, 4.69) is 41.3 Å². The van der Waals surface area contributed by atoms with Crippen molar-refractivity contribution in [3.05, 3.63) is 39.5 Å². The summed E-state index contributed by atoms with van der Waals surface area (Å²) in [6.45, 7) is 4.34. The number of anilines is 1. The van der Waals surface area contributed by atoms with Gasteiger partial charge in [0.05, 0.1) is 6.04 Å². The van der Waals surface area contributed by atoms with Crippen molar-refractivity contribution in [1.29, 1.82) is 0 Å². The van der Waals surface area contributed by atoms with Crippen LogP contribution in [0.15, 0.2) is 18.5 Å². The molecule has 1 aliphatic carbocycles. The Balaban J connectivity index is 1.83.